The number of hydrogen-bond acceptors (Lipinski definition) is 5. The number of H-pyrrole nitrogens is 1. The second-order valence-corrected chi connectivity index (χ2v) is 11.9. The Morgan fingerprint density at radius 1 is 0.822 bits per heavy atom. The van der Waals surface area contributed by atoms with E-state index in [-0.39, 0.29) is 17.6 Å². The van der Waals surface area contributed by atoms with E-state index in [0.717, 1.165) is 89.0 Å². The van der Waals surface area contributed by atoms with Gasteiger partial charge in [-0.1, -0.05) is 72.8 Å². The maximum absolute atomic E-state index is 12.7. The van der Waals surface area contributed by atoms with E-state index in [0.29, 0.717) is 6.54 Å². The summed E-state index contributed by atoms with van der Waals surface area (Å²) in [6.45, 7) is 4.88. The smallest absolute Gasteiger partial charge is 0.326 e. The highest BCUT2D eigenvalue weighted by Gasteiger charge is 2.23. The molecule has 0 saturated carbocycles. The number of para-hydroxylation sites is 2. The lowest BCUT2D eigenvalue weighted by atomic mass is 10.0. The molecular formula is C37H36N6O2. The number of likely N-dealkylation sites (tertiary alicyclic amines) is 1. The average molecular weight is 597 g/mol. The summed E-state index contributed by atoms with van der Waals surface area (Å²) in [5, 5.41) is 2.86. The third-order valence-electron chi connectivity index (χ3n) is 8.74. The minimum Gasteiger partial charge on any atom is -0.356 e. The lowest BCUT2D eigenvalue weighted by Crippen LogP contribution is -2.36. The van der Waals surface area contributed by atoms with E-state index < -0.39 is 0 Å². The lowest BCUT2D eigenvalue weighted by Gasteiger charge is -2.32. The molecule has 7 rings (SSSR count). The second-order valence-electron chi connectivity index (χ2n) is 11.9. The third-order valence-corrected chi connectivity index (χ3v) is 8.74. The number of carbonyl (C=O) groups is 1. The summed E-state index contributed by atoms with van der Waals surface area (Å²) in [5.41, 5.74) is 9.68. The summed E-state index contributed by atoms with van der Waals surface area (Å²) in [5.74, 6) is -0.0263. The predicted octanol–water partition coefficient (Wildman–Crippen LogP) is 6.12. The minimum absolute atomic E-state index is 0.0145. The Labute approximate surface area is 261 Å². The summed E-state index contributed by atoms with van der Waals surface area (Å²) in [4.78, 5) is 39.7. The number of aromatic amines is 1. The minimum atomic E-state index is -0.0263. The molecule has 0 bridgehead atoms. The lowest BCUT2D eigenvalue weighted by molar-refractivity contribution is -0.118. The summed E-state index contributed by atoms with van der Waals surface area (Å²) in [7, 11) is 0. The molecule has 2 aromatic heterocycles. The van der Waals surface area contributed by atoms with Gasteiger partial charge in [-0.2, -0.15) is 0 Å². The number of amides is 1. The van der Waals surface area contributed by atoms with Crippen molar-refractivity contribution in [2.75, 3.05) is 19.6 Å². The van der Waals surface area contributed by atoms with E-state index in [4.69, 9.17) is 9.97 Å². The molecule has 45 heavy (non-hydrogen) atoms. The van der Waals surface area contributed by atoms with Gasteiger partial charge >= 0.3 is 5.69 Å². The van der Waals surface area contributed by atoms with E-state index in [1.165, 1.54) is 12.5 Å². The molecule has 0 atom stereocenters. The summed E-state index contributed by atoms with van der Waals surface area (Å²) in [6.07, 6.45) is 2.63. The number of benzene rings is 4. The van der Waals surface area contributed by atoms with Gasteiger partial charge in [0, 0.05) is 50.3 Å². The van der Waals surface area contributed by atoms with Crippen LogP contribution < -0.4 is 11.0 Å². The SMILES string of the molecule is CC(=O)NCCc1ccc2nc(-c3ccc(CN4CCC(n5c(=O)[nH]c6ccccc65)CC4)cc3)c(-c3ccccc3)nc2c1. The van der Waals surface area contributed by atoms with Crippen LogP contribution in [-0.4, -0.2) is 50.0 Å². The molecule has 0 radical (unpaired) electrons. The number of imidazole rings is 1. The zero-order valence-corrected chi connectivity index (χ0v) is 25.4. The zero-order valence-electron chi connectivity index (χ0n) is 25.4. The number of nitrogens with one attached hydrogen (secondary N) is 2. The molecule has 1 aliphatic heterocycles. The van der Waals surface area contributed by atoms with Gasteiger partial charge in [0.1, 0.15) is 0 Å². The highest BCUT2D eigenvalue weighted by molar-refractivity contribution is 5.86. The number of piperidine rings is 1. The van der Waals surface area contributed by atoms with Gasteiger partial charge in [-0.05, 0) is 54.7 Å². The Morgan fingerprint density at radius 2 is 1.49 bits per heavy atom. The summed E-state index contributed by atoms with van der Waals surface area (Å²) in [6, 6.07) is 33.2. The summed E-state index contributed by atoms with van der Waals surface area (Å²) >= 11 is 0. The quantitative estimate of drug-likeness (QED) is 0.221. The molecule has 0 aliphatic carbocycles. The van der Waals surface area contributed by atoms with Gasteiger partial charge in [-0.25, -0.2) is 14.8 Å². The molecule has 8 heteroatoms. The van der Waals surface area contributed by atoms with Crippen LogP contribution in [0.3, 0.4) is 0 Å². The Balaban J connectivity index is 1.09. The van der Waals surface area contributed by atoms with Gasteiger partial charge in [0.2, 0.25) is 5.91 Å². The van der Waals surface area contributed by atoms with Crippen molar-refractivity contribution in [1.82, 2.24) is 29.7 Å². The van der Waals surface area contributed by atoms with Gasteiger partial charge in [-0.3, -0.25) is 14.3 Å². The van der Waals surface area contributed by atoms with Crippen molar-refractivity contribution in [3.05, 3.63) is 119 Å². The van der Waals surface area contributed by atoms with Crippen molar-refractivity contribution >= 4 is 28.0 Å². The van der Waals surface area contributed by atoms with Crippen molar-refractivity contribution in [2.24, 2.45) is 0 Å². The van der Waals surface area contributed by atoms with E-state index in [1.54, 1.807) is 0 Å². The highest BCUT2D eigenvalue weighted by atomic mass is 16.1. The molecule has 2 N–H and O–H groups in total. The fourth-order valence-corrected chi connectivity index (χ4v) is 6.44. The maximum atomic E-state index is 12.7. The van der Waals surface area contributed by atoms with Gasteiger partial charge in [0.25, 0.3) is 0 Å². The van der Waals surface area contributed by atoms with E-state index in [2.05, 4.69) is 63.7 Å². The fraction of sp³-hybridized carbons (Fsp3) is 0.243. The van der Waals surface area contributed by atoms with Crippen LogP contribution in [0, 0.1) is 0 Å². The molecule has 1 saturated heterocycles. The molecule has 0 spiro atoms. The van der Waals surface area contributed by atoms with Crippen LogP contribution in [0.5, 0.6) is 0 Å². The first-order valence-corrected chi connectivity index (χ1v) is 15.6. The van der Waals surface area contributed by atoms with Crippen LogP contribution in [0.4, 0.5) is 0 Å². The normalized spacial score (nSPS) is 14.2. The van der Waals surface area contributed by atoms with Crippen molar-refractivity contribution in [1.29, 1.82) is 0 Å². The molecule has 4 aromatic carbocycles. The van der Waals surface area contributed by atoms with Crippen LogP contribution >= 0.6 is 0 Å². The molecule has 3 heterocycles. The standard InChI is InChI=1S/C37H36N6O2/c1-25(44)38-20-17-26-13-16-31-33(23-26)40-35(28-7-3-2-4-8-28)36(39-31)29-14-11-27(12-15-29)24-42-21-18-30(19-22-42)43-34-10-6-5-9-32(34)41-37(43)45/h2-16,23,30H,17-22,24H2,1H3,(H,38,44)(H,41,45). The molecule has 1 aliphatic rings. The molecule has 0 unspecified atom stereocenters. The Bertz CT molecular complexity index is 2020. The van der Waals surface area contributed by atoms with Crippen LogP contribution in [0.1, 0.15) is 36.9 Å². The molecular weight excluding hydrogens is 560 g/mol. The van der Waals surface area contributed by atoms with Crippen LogP contribution in [0.25, 0.3) is 44.6 Å². The van der Waals surface area contributed by atoms with Crippen molar-refractivity contribution in [3.8, 4) is 22.5 Å². The van der Waals surface area contributed by atoms with Crippen molar-refractivity contribution in [2.45, 2.75) is 38.8 Å². The van der Waals surface area contributed by atoms with E-state index in [1.807, 2.05) is 53.1 Å². The van der Waals surface area contributed by atoms with Gasteiger partial charge in [0.15, 0.2) is 0 Å². The van der Waals surface area contributed by atoms with E-state index >= 15 is 0 Å². The highest BCUT2D eigenvalue weighted by Crippen LogP contribution is 2.32. The van der Waals surface area contributed by atoms with Gasteiger partial charge < -0.3 is 10.3 Å². The van der Waals surface area contributed by atoms with E-state index in [9.17, 15) is 9.59 Å². The van der Waals surface area contributed by atoms with Crippen LogP contribution in [-0.2, 0) is 17.8 Å². The number of aromatic nitrogens is 4. The Hall–Kier alpha value is -5.08. The first-order chi connectivity index (χ1) is 22.0. The number of carbonyl (C=O) groups excluding carboxylic acids is 1. The molecule has 1 amide bonds. The molecule has 226 valence electrons. The van der Waals surface area contributed by atoms with Crippen molar-refractivity contribution in [3.63, 3.8) is 0 Å². The first-order valence-electron chi connectivity index (χ1n) is 15.6. The Kier molecular flexibility index (Phi) is 7.96. The third kappa shape index (κ3) is 6.14. The topological polar surface area (TPSA) is 95.9 Å². The first kappa shape index (κ1) is 28.7. The number of hydrogen-bond donors (Lipinski definition) is 2. The fourth-order valence-electron chi connectivity index (χ4n) is 6.44. The maximum Gasteiger partial charge on any atom is 0.326 e. The van der Waals surface area contributed by atoms with Crippen LogP contribution in [0.2, 0.25) is 0 Å². The molecule has 8 nitrogen and oxygen atoms in total. The van der Waals surface area contributed by atoms with Crippen LogP contribution in [0.15, 0.2) is 102 Å². The number of fused-ring (bicyclic) bond motifs is 2. The average Bonchev–Trinajstić information content (AvgIpc) is 3.40. The largest absolute Gasteiger partial charge is 0.356 e. The molecule has 6 aromatic rings. The summed E-state index contributed by atoms with van der Waals surface area (Å²) < 4.78 is 1.95. The van der Waals surface area contributed by atoms with Crippen molar-refractivity contribution < 1.29 is 4.79 Å². The second kappa shape index (κ2) is 12.5. The van der Waals surface area contributed by atoms with Gasteiger partial charge in [-0.15, -0.1) is 0 Å². The monoisotopic (exact) mass is 596 g/mol. The molecule has 1 fully saturated rings. The van der Waals surface area contributed by atoms with Gasteiger partial charge in [0.05, 0.1) is 33.5 Å². The predicted molar refractivity (Wildman–Crippen MR) is 179 cm³/mol. The number of nitrogens with zero attached hydrogens (tertiary/aromatic N) is 4. The Morgan fingerprint density at radius 3 is 2.24 bits per heavy atom. The number of rotatable bonds is 8. The zero-order chi connectivity index (χ0) is 30.8.